The van der Waals surface area contributed by atoms with E-state index in [-0.39, 0.29) is 26.1 Å². The molecule has 0 bridgehead atoms. The molecule has 0 aliphatic heterocycles. The summed E-state index contributed by atoms with van der Waals surface area (Å²) >= 11 is 0. The zero-order chi connectivity index (χ0) is 13.3. The van der Waals surface area contributed by atoms with E-state index >= 15 is 0 Å². The number of nitrogens with two attached hydrogens (primary N) is 1. The van der Waals surface area contributed by atoms with Gasteiger partial charge in [-0.3, -0.25) is 14.4 Å². The first kappa shape index (κ1) is 15.4. The van der Waals surface area contributed by atoms with Crippen molar-refractivity contribution < 1.29 is 23.9 Å². The van der Waals surface area contributed by atoms with Gasteiger partial charge < -0.3 is 15.2 Å². The summed E-state index contributed by atoms with van der Waals surface area (Å²) in [7, 11) is 0. The third-order valence-corrected chi connectivity index (χ3v) is 2.06. The number of primary amides is 1. The Bertz CT molecular complexity index is 259. The molecule has 1 amide bonds. The van der Waals surface area contributed by atoms with Gasteiger partial charge in [0.1, 0.15) is 0 Å². The first-order valence-electron chi connectivity index (χ1n) is 5.64. The molecule has 98 valence electrons. The third-order valence-electron chi connectivity index (χ3n) is 2.06. The molecule has 6 nitrogen and oxygen atoms in total. The van der Waals surface area contributed by atoms with Crippen molar-refractivity contribution in [2.75, 3.05) is 13.2 Å². The molecule has 0 unspecified atom stereocenters. The maximum atomic E-state index is 11.5. The van der Waals surface area contributed by atoms with E-state index < -0.39 is 23.8 Å². The van der Waals surface area contributed by atoms with Crippen LogP contribution in [0.3, 0.4) is 0 Å². The maximum absolute atomic E-state index is 11.5. The van der Waals surface area contributed by atoms with Gasteiger partial charge in [0.25, 0.3) is 0 Å². The van der Waals surface area contributed by atoms with Gasteiger partial charge >= 0.3 is 11.9 Å². The number of ether oxygens (including phenoxy) is 2. The Morgan fingerprint density at radius 3 is 1.88 bits per heavy atom. The lowest BCUT2D eigenvalue weighted by Gasteiger charge is -2.13. The van der Waals surface area contributed by atoms with Gasteiger partial charge in [-0.2, -0.15) is 0 Å². The highest BCUT2D eigenvalue weighted by Crippen LogP contribution is 2.13. The van der Waals surface area contributed by atoms with Crippen molar-refractivity contribution >= 4 is 17.8 Å². The molecule has 0 aromatic carbocycles. The SMILES string of the molecule is CCOC(=O)C(CCCC(N)=O)C(=O)OCC. The Morgan fingerprint density at radius 2 is 1.53 bits per heavy atom. The summed E-state index contributed by atoms with van der Waals surface area (Å²) < 4.78 is 9.55. The monoisotopic (exact) mass is 245 g/mol. The predicted molar refractivity (Wildman–Crippen MR) is 59.8 cm³/mol. The minimum atomic E-state index is -0.964. The highest BCUT2D eigenvalue weighted by Gasteiger charge is 2.28. The van der Waals surface area contributed by atoms with Crippen LogP contribution >= 0.6 is 0 Å². The molecule has 0 radical (unpaired) electrons. The van der Waals surface area contributed by atoms with E-state index in [2.05, 4.69) is 0 Å². The van der Waals surface area contributed by atoms with Crippen molar-refractivity contribution in [2.45, 2.75) is 33.1 Å². The quantitative estimate of drug-likeness (QED) is 0.492. The highest BCUT2D eigenvalue weighted by molar-refractivity contribution is 5.94. The standard InChI is InChI=1S/C11H19NO5/c1-3-16-10(14)8(11(15)17-4-2)6-5-7-9(12)13/h8H,3-7H2,1-2H3,(H2,12,13). The summed E-state index contributed by atoms with van der Waals surface area (Å²) in [5.74, 6) is -2.66. The lowest BCUT2D eigenvalue weighted by atomic mass is 10.0. The second kappa shape index (κ2) is 8.55. The van der Waals surface area contributed by atoms with Crippen LogP contribution in [-0.2, 0) is 23.9 Å². The Balaban J connectivity index is 4.34. The molecule has 17 heavy (non-hydrogen) atoms. The molecule has 2 N–H and O–H groups in total. The van der Waals surface area contributed by atoms with E-state index in [0.29, 0.717) is 6.42 Å². The van der Waals surface area contributed by atoms with E-state index in [9.17, 15) is 14.4 Å². The molecular weight excluding hydrogens is 226 g/mol. The van der Waals surface area contributed by atoms with Gasteiger partial charge in [-0.15, -0.1) is 0 Å². The van der Waals surface area contributed by atoms with Crippen LogP contribution in [-0.4, -0.2) is 31.1 Å². The molecular formula is C11H19NO5. The molecule has 6 heteroatoms. The van der Waals surface area contributed by atoms with E-state index in [0.717, 1.165) is 0 Å². The minimum Gasteiger partial charge on any atom is -0.465 e. The molecule has 0 aromatic heterocycles. The number of carbonyl (C=O) groups excluding carboxylic acids is 3. The first-order chi connectivity index (χ1) is 8.02. The summed E-state index contributed by atoms with van der Waals surface area (Å²) in [6.45, 7) is 3.71. The molecule has 0 spiro atoms. The molecule has 0 aromatic rings. The van der Waals surface area contributed by atoms with Gasteiger partial charge in [-0.05, 0) is 26.7 Å². The van der Waals surface area contributed by atoms with Crippen molar-refractivity contribution in [3.05, 3.63) is 0 Å². The summed E-state index contributed by atoms with van der Waals surface area (Å²) in [6.07, 6.45) is 0.702. The van der Waals surface area contributed by atoms with Crippen LogP contribution < -0.4 is 5.73 Å². The maximum Gasteiger partial charge on any atom is 0.320 e. The second-order valence-electron chi connectivity index (χ2n) is 3.42. The van der Waals surface area contributed by atoms with Crippen LogP contribution in [0.2, 0.25) is 0 Å². The molecule has 0 aliphatic rings. The largest absolute Gasteiger partial charge is 0.465 e. The zero-order valence-corrected chi connectivity index (χ0v) is 10.2. The van der Waals surface area contributed by atoms with Crippen molar-refractivity contribution in [3.8, 4) is 0 Å². The Hall–Kier alpha value is -1.59. The zero-order valence-electron chi connectivity index (χ0n) is 10.2. The molecule has 0 saturated heterocycles. The van der Waals surface area contributed by atoms with E-state index in [1.165, 1.54) is 0 Å². The minimum absolute atomic E-state index is 0.134. The summed E-state index contributed by atoms with van der Waals surface area (Å²) in [6, 6.07) is 0. The van der Waals surface area contributed by atoms with Gasteiger partial charge in [0.05, 0.1) is 13.2 Å². The number of hydrogen-bond donors (Lipinski definition) is 1. The van der Waals surface area contributed by atoms with Crippen LogP contribution in [0.1, 0.15) is 33.1 Å². The van der Waals surface area contributed by atoms with Gasteiger partial charge in [0.15, 0.2) is 5.92 Å². The van der Waals surface area contributed by atoms with Gasteiger partial charge in [0, 0.05) is 6.42 Å². The van der Waals surface area contributed by atoms with Crippen molar-refractivity contribution in [1.29, 1.82) is 0 Å². The fraction of sp³-hybridized carbons (Fsp3) is 0.727. The lowest BCUT2D eigenvalue weighted by Crippen LogP contribution is -2.28. The molecule has 0 saturated carbocycles. The van der Waals surface area contributed by atoms with Gasteiger partial charge in [0.2, 0.25) is 5.91 Å². The predicted octanol–water partition coefficient (Wildman–Crippen LogP) is 0.384. The normalized spacial score (nSPS) is 10.1. The van der Waals surface area contributed by atoms with Gasteiger partial charge in [-0.25, -0.2) is 0 Å². The van der Waals surface area contributed by atoms with Crippen LogP contribution in [0.25, 0.3) is 0 Å². The number of esters is 2. The number of hydrogen-bond acceptors (Lipinski definition) is 5. The van der Waals surface area contributed by atoms with Crippen LogP contribution in [0, 0.1) is 5.92 Å². The molecule has 0 heterocycles. The number of amides is 1. The lowest BCUT2D eigenvalue weighted by molar-refractivity contribution is -0.162. The number of carbonyl (C=O) groups is 3. The average molecular weight is 245 g/mol. The highest BCUT2D eigenvalue weighted by atomic mass is 16.6. The molecule has 0 fully saturated rings. The first-order valence-corrected chi connectivity index (χ1v) is 5.64. The Kier molecular flexibility index (Phi) is 7.75. The van der Waals surface area contributed by atoms with Crippen LogP contribution in [0.5, 0.6) is 0 Å². The fourth-order valence-corrected chi connectivity index (χ4v) is 1.30. The van der Waals surface area contributed by atoms with Crippen molar-refractivity contribution in [1.82, 2.24) is 0 Å². The van der Waals surface area contributed by atoms with Crippen molar-refractivity contribution in [2.24, 2.45) is 11.7 Å². The average Bonchev–Trinajstić information content (AvgIpc) is 2.24. The summed E-state index contributed by atoms with van der Waals surface area (Å²) in [5.41, 5.74) is 4.98. The Labute approximate surface area is 100 Å². The number of rotatable bonds is 8. The topological polar surface area (TPSA) is 95.7 Å². The summed E-state index contributed by atoms with van der Waals surface area (Å²) in [5, 5.41) is 0. The fourth-order valence-electron chi connectivity index (χ4n) is 1.30. The second-order valence-corrected chi connectivity index (χ2v) is 3.42. The van der Waals surface area contributed by atoms with Gasteiger partial charge in [-0.1, -0.05) is 0 Å². The van der Waals surface area contributed by atoms with Crippen LogP contribution in [0.15, 0.2) is 0 Å². The van der Waals surface area contributed by atoms with E-state index in [4.69, 9.17) is 15.2 Å². The van der Waals surface area contributed by atoms with Crippen molar-refractivity contribution in [3.63, 3.8) is 0 Å². The Morgan fingerprint density at radius 1 is 1.06 bits per heavy atom. The van der Waals surface area contributed by atoms with E-state index in [1.807, 2.05) is 0 Å². The molecule has 0 rings (SSSR count). The van der Waals surface area contributed by atoms with E-state index in [1.54, 1.807) is 13.8 Å². The summed E-state index contributed by atoms with van der Waals surface area (Å²) in [4.78, 5) is 33.6. The smallest absolute Gasteiger partial charge is 0.320 e. The molecule has 0 aliphatic carbocycles. The third kappa shape index (κ3) is 6.55. The molecule has 0 atom stereocenters. The van der Waals surface area contributed by atoms with Crippen LogP contribution in [0.4, 0.5) is 0 Å².